The maximum absolute atomic E-state index is 11.6. The molecule has 1 saturated carbocycles. The zero-order valence-corrected chi connectivity index (χ0v) is 14.1. The summed E-state index contributed by atoms with van der Waals surface area (Å²) < 4.78 is 10.6. The summed E-state index contributed by atoms with van der Waals surface area (Å²) in [5, 5.41) is 5.60. The van der Waals surface area contributed by atoms with Crippen LogP contribution in [0.2, 0.25) is 0 Å². The molecule has 1 aliphatic carbocycles. The number of Topliss-reactive ketones (excluding diaryl/α,β-unsaturated/α-hetero) is 1. The minimum Gasteiger partial charge on any atom is -0.379 e. The number of carbonyl (C=O) groups is 3. The van der Waals surface area contributed by atoms with Crippen LogP contribution in [0.15, 0.2) is 0 Å². The van der Waals surface area contributed by atoms with Gasteiger partial charge in [0.2, 0.25) is 11.8 Å². The fraction of sp³-hybridized carbons (Fsp3) is 0.812. The molecule has 0 atom stereocenters. The molecular weight excluding hydrogens is 300 g/mol. The SMILES string of the molecule is CCC(=O)NCCOCCOCCC(=O)NC1CC(C(C)=O)C1. The van der Waals surface area contributed by atoms with Crippen molar-refractivity contribution in [2.24, 2.45) is 5.92 Å². The van der Waals surface area contributed by atoms with E-state index >= 15 is 0 Å². The van der Waals surface area contributed by atoms with Gasteiger partial charge in [0.05, 0.1) is 26.4 Å². The lowest BCUT2D eigenvalue weighted by atomic mass is 9.78. The van der Waals surface area contributed by atoms with E-state index in [0.717, 1.165) is 12.8 Å². The molecule has 0 aliphatic heterocycles. The summed E-state index contributed by atoms with van der Waals surface area (Å²) in [4.78, 5) is 33.7. The fourth-order valence-corrected chi connectivity index (χ4v) is 2.24. The molecule has 0 bridgehead atoms. The largest absolute Gasteiger partial charge is 0.379 e. The number of amides is 2. The maximum Gasteiger partial charge on any atom is 0.222 e. The lowest BCUT2D eigenvalue weighted by Crippen LogP contribution is -2.46. The molecule has 0 aromatic heterocycles. The highest BCUT2D eigenvalue weighted by Crippen LogP contribution is 2.27. The third kappa shape index (κ3) is 8.66. The van der Waals surface area contributed by atoms with Gasteiger partial charge in [0, 0.05) is 31.3 Å². The van der Waals surface area contributed by atoms with Gasteiger partial charge in [-0.05, 0) is 19.8 Å². The van der Waals surface area contributed by atoms with Crippen LogP contribution in [0.3, 0.4) is 0 Å². The molecule has 0 heterocycles. The van der Waals surface area contributed by atoms with Crippen molar-refractivity contribution < 1.29 is 23.9 Å². The standard InChI is InChI=1S/C16H28N2O5/c1-3-15(20)17-5-7-23-9-8-22-6-4-16(21)18-14-10-13(11-14)12(2)19/h13-14H,3-11H2,1-2H3,(H,17,20)(H,18,21). The summed E-state index contributed by atoms with van der Waals surface area (Å²) in [5.41, 5.74) is 0. The normalized spacial score (nSPS) is 19.7. The Morgan fingerprint density at radius 2 is 1.65 bits per heavy atom. The molecule has 1 aliphatic rings. The van der Waals surface area contributed by atoms with E-state index in [2.05, 4.69) is 10.6 Å². The Labute approximate surface area is 137 Å². The number of nitrogens with one attached hydrogen (secondary N) is 2. The molecular formula is C16H28N2O5. The zero-order chi connectivity index (χ0) is 17.1. The lowest BCUT2D eigenvalue weighted by Gasteiger charge is -2.34. The van der Waals surface area contributed by atoms with E-state index in [1.165, 1.54) is 0 Å². The minimum absolute atomic E-state index is 0.0111. The van der Waals surface area contributed by atoms with Gasteiger partial charge >= 0.3 is 0 Å². The van der Waals surface area contributed by atoms with E-state index in [9.17, 15) is 14.4 Å². The van der Waals surface area contributed by atoms with Gasteiger partial charge in [-0.15, -0.1) is 0 Å². The van der Waals surface area contributed by atoms with Gasteiger partial charge in [-0.3, -0.25) is 14.4 Å². The van der Waals surface area contributed by atoms with Crippen molar-refractivity contribution >= 4 is 17.6 Å². The van der Waals surface area contributed by atoms with Gasteiger partial charge in [0.25, 0.3) is 0 Å². The first-order valence-electron chi connectivity index (χ1n) is 8.25. The number of ether oxygens (including phenoxy) is 2. The van der Waals surface area contributed by atoms with E-state index in [1.807, 2.05) is 0 Å². The van der Waals surface area contributed by atoms with Crippen molar-refractivity contribution in [3.05, 3.63) is 0 Å². The molecule has 2 amide bonds. The molecule has 0 unspecified atom stereocenters. The summed E-state index contributed by atoms with van der Waals surface area (Å²) in [6.45, 7) is 5.55. The summed E-state index contributed by atoms with van der Waals surface area (Å²) in [6.07, 6.45) is 2.30. The van der Waals surface area contributed by atoms with Crippen molar-refractivity contribution in [1.82, 2.24) is 10.6 Å². The summed E-state index contributed by atoms with van der Waals surface area (Å²) in [6, 6.07) is 0.137. The summed E-state index contributed by atoms with van der Waals surface area (Å²) >= 11 is 0. The Balaban J connectivity index is 1.85. The number of rotatable bonds is 12. The van der Waals surface area contributed by atoms with Gasteiger partial charge in [-0.2, -0.15) is 0 Å². The first-order valence-corrected chi connectivity index (χ1v) is 8.25. The molecule has 0 aromatic rings. The minimum atomic E-state index is -0.0415. The maximum atomic E-state index is 11.6. The van der Waals surface area contributed by atoms with E-state index in [4.69, 9.17) is 9.47 Å². The Kier molecular flexibility index (Phi) is 9.47. The monoisotopic (exact) mass is 328 g/mol. The van der Waals surface area contributed by atoms with Crippen LogP contribution in [0.5, 0.6) is 0 Å². The topological polar surface area (TPSA) is 93.7 Å². The zero-order valence-electron chi connectivity index (χ0n) is 14.1. The average Bonchev–Trinajstić information content (AvgIpc) is 2.47. The van der Waals surface area contributed by atoms with Crippen LogP contribution in [0.4, 0.5) is 0 Å². The highest BCUT2D eigenvalue weighted by atomic mass is 16.5. The number of hydrogen-bond donors (Lipinski definition) is 2. The second-order valence-corrected chi connectivity index (χ2v) is 5.72. The van der Waals surface area contributed by atoms with E-state index in [1.54, 1.807) is 13.8 Å². The third-order valence-corrected chi connectivity index (χ3v) is 3.81. The molecule has 1 rings (SSSR count). The predicted molar refractivity (Wildman–Crippen MR) is 84.9 cm³/mol. The van der Waals surface area contributed by atoms with Crippen LogP contribution in [0, 0.1) is 5.92 Å². The van der Waals surface area contributed by atoms with Crippen molar-refractivity contribution in [3.63, 3.8) is 0 Å². The molecule has 2 N–H and O–H groups in total. The van der Waals surface area contributed by atoms with Crippen LogP contribution < -0.4 is 10.6 Å². The van der Waals surface area contributed by atoms with E-state index < -0.39 is 0 Å². The van der Waals surface area contributed by atoms with Gasteiger partial charge in [-0.25, -0.2) is 0 Å². The third-order valence-electron chi connectivity index (χ3n) is 3.81. The Morgan fingerprint density at radius 3 is 2.26 bits per heavy atom. The van der Waals surface area contributed by atoms with E-state index in [-0.39, 0.29) is 29.6 Å². The average molecular weight is 328 g/mol. The molecule has 0 aromatic carbocycles. The second kappa shape index (κ2) is 11.1. The number of ketones is 1. The van der Waals surface area contributed by atoms with Crippen molar-refractivity contribution in [3.8, 4) is 0 Å². The van der Waals surface area contributed by atoms with Crippen molar-refractivity contribution in [2.75, 3.05) is 33.0 Å². The van der Waals surface area contributed by atoms with Crippen molar-refractivity contribution in [2.45, 2.75) is 45.6 Å². The molecule has 7 heteroatoms. The Morgan fingerprint density at radius 1 is 1.00 bits per heavy atom. The quantitative estimate of drug-likeness (QED) is 0.506. The van der Waals surface area contributed by atoms with Crippen LogP contribution in [0.25, 0.3) is 0 Å². The van der Waals surface area contributed by atoms with Gasteiger partial charge in [0.15, 0.2) is 0 Å². The molecule has 7 nitrogen and oxygen atoms in total. The summed E-state index contributed by atoms with van der Waals surface area (Å²) in [7, 11) is 0. The highest BCUT2D eigenvalue weighted by molar-refractivity contribution is 5.80. The molecule has 23 heavy (non-hydrogen) atoms. The smallest absolute Gasteiger partial charge is 0.222 e. The molecule has 0 radical (unpaired) electrons. The Hall–Kier alpha value is -1.47. The first kappa shape index (κ1) is 19.6. The first-order chi connectivity index (χ1) is 11.0. The van der Waals surface area contributed by atoms with Crippen LogP contribution in [0.1, 0.15) is 39.5 Å². The van der Waals surface area contributed by atoms with E-state index in [0.29, 0.717) is 45.8 Å². The lowest BCUT2D eigenvalue weighted by molar-refractivity contribution is -0.128. The van der Waals surface area contributed by atoms with Gasteiger partial charge in [0.1, 0.15) is 5.78 Å². The van der Waals surface area contributed by atoms with Crippen LogP contribution >= 0.6 is 0 Å². The molecule has 1 fully saturated rings. The highest BCUT2D eigenvalue weighted by Gasteiger charge is 2.32. The predicted octanol–water partition coefficient (Wildman–Crippen LogP) is 0.420. The van der Waals surface area contributed by atoms with Gasteiger partial charge in [-0.1, -0.05) is 6.92 Å². The molecule has 132 valence electrons. The molecule has 0 saturated heterocycles. The summed E-state index contributed by atoms with van der Waals surface area (Å²) in [5.74, 6) is 0.293. The molecule has 0 spiro atoms. The van der Waals surface area contributed by atoms with Gasteiger partial charge < -0.3 is 20.1 Å². The van der Waals surface area contributed by atoms with Crippen LogP contribution in [-0.2, 0) is 23.9 Å². The second-order valence-electron chi connectivity index (χ2n) is 5.72. The van der Waals surface area contributed by atoms with Crippen LogP contribution in [-0.4, -0.2) is 56.6 Å². The fourth-order valence-electron chi connectivity index (χ4n) is 2.24. The number of carbonyl (C=O) groups excluding carboxylic acids is 3. The van der Waals surface area contributed by atoms with Crippen molar-refractivity contribution in [1.29, 1.82) is 0 Å². The Bertz CT molecular complexity index is 394. The number of hydrogen-bond acceptors (Lipinski definition) is 5.